The van der Waals surface area contributed by atoms with Gasteiger partial charge in [-0.2, -0.15) is 8.78 Å². The molecule has 1 amide bonds. The van der Waals surface area contributed by atoms with E-state index in [1.807, 2.05) is 0 Å². The fraction of sp³-hybridized carbons (Fsp3) is 0.462. The molecule has 7 heteroatoms. The number of rotatable bonds is 3. The molecule has 1 aliphatic heterocycles. The van der Waals surface area contributed by atoms with Crippen molar-refractivity contribution in [2.45, 2.75) is 5.92 Å². The van der Waals surface area contributed by atoms with Crippen molar-refractivity contribution in [3.05, 3.63) is 29.8 Å². The molecule has 0 aliphatic carbocycles. The lowest BCUT2D eigenvalue weighted by molar-refractivity contribution is -0.159. The lowest BCUT2D eigenvalue weighted by atomic mass is 10.1. The number of amides is 1. The highest BCUT2D eigenvalue weighted by Gasteiger charge is 2.44. The molecular weight excluding hydrogens is 290 g/mol. The summed E-state index contributed by atoms with van der Waals surface area (Å²) in [6, 6.07) is 5.29. The number of nitrogens with zero attached hydrogens (tertiary/aromatic N) is 1. The molecule has 0 saturated carbocycles. The molecule has 1 fully saturated rings. The van der Waals surface area contributed by atoms with E-state index in [1.165, 1.54) is 36.3 Å². The van der Waals surface area contributed by atoms with Crippen LogP contribution >= 0.6 is 12.4 Å². The second kappa shape index (κ2) is 6.85. The third-order valence-electron chi connectivity index (χ3n) is 3.13. The fourth-order valence-electron chi connectivity index (χ4n) is 1.99. The number of carbonyl (C=O) groups is 1. The molecule has 0 spiro atoms. The molecule has 2 rings (SSSR count). The Hall–Kier alpha value is -1.40. The maximum absolute atomic E-state index is 14.1. The minimum absolute atomic E-state index is 0. The molecule has 1 saturated heterocycles. The Kier molecular flexibility index (Phi) is 5.71. The number of nitrogens with one attached hydrogen (secondary N) is 1. The predicted molar refractivity (Wildman–Crippen MR) is 73.6 cm³/mol. The molecule has 4 nitrogen and oxygen atoms in total. The number of methoxy groups -OCH3 is 1. The van der Waals surface area contributed by atoms with Crippen LogP contribution in [0.5, 0.6) is 5.75 Å². The molecule has 0 atom stereocenters. The summed E-state index contributed by atoms with van der Waals surface area (Å²) < 4.78 is 33.1. The largest absolute Gasteiger partial charge is 0.497 e. The van der Waals surface area contributed by atoms with Crippen LogP contribution in [-0.2, 0) is 10.7 Å². The highest BCUT2D eigenvalue weighted by Crippen LogP contribution is 2.31. The van der Waals surface area contributed by atoms with Gasteiger partial charge in [-0.05, 0) is 24.3 Å². The van der Waals surface area contributed by atoms with Crippen molar-refractivity contribution < 1.29 is 18.3 Å². The summed E-state index contributed by atoms with van der Waals surface area (Å²) in [6.45, 7) is 1.71. The number of carbonyl (C=O) groups excluding carboxylic acids is 1. The summed E-state index contributed by atoms with van der Waals surface area (Å²) in [5, 5.41) is 3.02. The SMILES string of the molecule is COc1ccc(C(F)(F)C(=O)N2CCNCC2)cc1.Cl. The van der Waals surface area contributed by atoms with Gasteiger partial charge in [-0.3, -0.25) is 4.79 Å². The lowest BCUT2D eigenvalue weighted by Crippen LogP contribution is -2.51. The van der Waals surface area contributed by atoms with Crippen LogP contribution in [0.25, 0.3) is 0 Å². The van der Waals surface area contributed by atoms with Crippen molar-refractivity contribution in [1.82, 2.24) is 10.2 Å². The highest BCUT2D eigenvalue weighted by atomic mass is 35.5. The number of halogens is 3. The summed E-state index contributed by atoms with van der Waals surface area (Å²) in [7, 11) is 1.46. The summed E-state index contributed by atoms with van der Waals surface area (Å²) in [6.07, 6.45) is 0. The van der Waals surface area contributed by atoms with Gasteiger partial charge in [-0.1, -0.05) is 0 Å². The van der Waals surface area contributed by atoms with Crippen molar-refractivity contribution >= 4 is 18.3 Å². The minimum atomic E-state index is -3.50. The molecule has 0 unspecified atom stereocenters. The van der Waals surface area contributed by atoms with Crippen molar-refractivity contribution in [2.75, 3.05) is 33.3 Å². The fourth-order valence-corrected chi connectivity index (χ4v) is 1.99. The Labute approximate surface area is 122 Å². The number of alkyl halides is 2. The van der Waals surface area contributed by atoms with E-state index in [4.69, 9.17) is 4.74 Å². The molecule has 0 aromatic heterocycles. The van der Waals surface area contributed by atoms with Crippen LogP contribution in [0.3, 0.4) is 0 Å². The molecule has 1 aromatic rings. The first-order valence-electron chi connectivity index (χ1n) is 6.08. The number of hydrogen-bond acceptors (Lipinski definition) is 3. The minimum Gasteiger partial charge on any atom is -0.497 e. The topological polar surface area (TPSA) is 41.6 Å². The maximum Gasteiger partial charge on any atom is 0.349 e. The van der Waals surface area contributed by atoms with Gasteiger partial charge in [-0.25, -0.2) is 0 Å². The molecule has 20 heavy (non-hydrogen) atoms. The molecule has 0 radical (unpaired) electrons. The van der Waals surface area contributed by atoms with Gasteiger partial charge in [0.15, 0.2) is 0 Å². The third kappa shape index (κ3) is 3.37. The van der Waals surface area contributed by atoms with Gasteiger partial charge in [-0.15, -0.1) is 12.4 Å². The van der Waals surface area contributed by atoms with E-state index in [2.05, 4.69) is 5.32 Å². The number of piperazine rings is 1. The zero-order valence-electron chi connectivity index (χ0n) is 11.1. The van der Waals surface area contributed by atoms with E-state index >= 15 is 0 Å². The Morgan fingerprint density at radius 1 is 1.25 bits per heavy atom. The van der Waals surface area contributed by atoms with E-state index in [0.29, 0.717) is 31.9 Å². The van der Waals surface area contributed by atoms with E-state index in [1.54, 1.807) is 0 Å². The average Bonchev–Trinajstić information content (AvgIpc) is 2.47. The van der Waals surface area contributed by atoms with E-state index < -0.39 is 11.8 Å². The van der Waals surface area contributed by atoms with Crippen LogP contribution in [0.2, 0.25) is 0 Å². The number of benzene rings is 1. The molecular formula is C13H17ClF2N2O2. The van der Waals surface area contributed by atoms with Crippen molar-refractivity contribution in [2.24, 2.45) is 0 Å². The van der Waals surface area contributed by atoms with Crippen LogP contribution in [0.15, 0.2) is 24.3 Å². The van der Waals surface area contributed by atoms with Crippen LogP contribution in [0.4, 0.5) is 8.78 Å². The first kappa shape index (κ1) is 16.7. The second-order valence-corrected chi connectivity index (χ2v) is 4.35. The number of ether oxygens (including phenoxy) is 1. The Bertz CT molecular complexity index is 448. The molecule has 1 aromatic carbocycles. The summed E-state index contributed by atoms with van der Waals surface area (Å²) in [5.74, 6) is -4.16. The zero-order chi connectivity index (χ0) is 13.9. The summed E-state index contributed by atoms with van der Waals surface area (Å²) >= 11 is 0. The highest BCUT2D eigenvalue weighted by molar-refractivity contribution is 5.85. The standard InChI is InChI=1S/C13H16F2N2O2.ClH/c1-19-11-4-2-10(3-5-11)13(14,15)12(18)17-8-6-16-7-9-17;/h2-5,16H,6-9H2,1H3;1H. The van der Waals surface area contributed by atoms with Gasteiger partial charge >= 0.3 is 5.92 Å². The van der Waals surface area contributed by atoms with E-state index in [9.17, 15) is 13.6 Å². The lowest BCUT2D eigenvalue weighted by Gasteiger charge is -2.30. The average molecular weight is 307 g/mol. The Balaban J connectivity index is 0.00000200. The van der Waals surface area contributed by atoms with Gasteiger partial charge in [0.05, 0.1) is 7.11 Å². The van der Waals surface area contributed by atoms with Gasteiger partial charge in [0.25, 0.3) is 5.91 Å². The predicted octanol–water partition coefficient (Wildman–Crippen LogP) is 1.64. The van der Waals surface area contributed by atoms with Gasteiger partial charge in [0.2, 0.25) is 0 Å². The number of hydrogen-bond donors (Lipinski definition) is 1. The third-order valence-corrected chi connectivity index (χ3v) is 3.13. The first-order valence-corrected chi connectivity index (χ1v) is 6.08. The molecule has 112 valence electrons. The normalized spacial score (nSPS) is 15.4. The first-order chi connectivity index (χ1) is 9.05. The molecule has 1 heterocycles. The Morgan fingerprint density at radius 3 is 2.30 bits per heavy atom. The van der Waals surface area contributed by atoms with Crippen molar-refractivity contribution in [3.63, 3.8) is 0 Å². The maximum atomic E-state index is 14.1. The van der Waals surface area contributed by atoms with Gasteiger partial charge in [0, 0.05) is 31.7 Å². The van der Waals surface area contributed by atoms with Gasteiger partial charge < -0.3 is 15.0 Å². The van der Waals surface area contributed by atoms with Crippen LogP contribution in [0, 0.1) is 0 Å². The second-order valence-electron chi connectivity index (χ2n) is 4.35. The van der Waals surface area contributed by atoms with Crippen LogP contribution < -0.4 is 10.1 Å². The van der Waals surface area contributed by atoms with E-state index in [-0.39, 0.29) is 18.0 Å². The van der Waals surface area contributed by atoms with Crippen LogP contribution in [0.1, 0.15) is 5.56 Å². The molecule has 1 N–H and O–H groups in total. The van der Waals surface area contributed by atoms with Crippen molar-refractivity contribution in [1.29, 1.82) is 0 Å². The summed E-state index contributed by atoms with van der Waals surface area (Å²) in [4.78, 5) is 13.1. The smallest absolute Gasteiger partial charge is 0.349 e. The molecule has 0 bridgehead atoms. The van der Waals surface area contributed by atoms with Crippen molar-refractivity contribution in [3.8, 4) is 5.75 Å². The monoisotopic (exact) mass is 306 g/mol. The quantitative estimate of drug-likeness (QED) is 0.923. The summed E-state index contributed by atoms with van der Waals surface area (Å²) in [5.41, 5.74) is -0.308. The zero-order valence-corrected chi connectivity index (χ0v) is 11.9. The van der Waals surface area contributed by atoms with Crippen LogP contribution in [-0.4, -0.2) is 44.1 Å². The Morgan fingerprint density at radius 2 is 1.80 bits per heavy atom. The van der Waals surface area contributed by atoms with Gasteiger partial charge in [0.1, 0.15) is 5.75 Å². The van der Waals surface area contributed by atoms with E-state index in [0.717, 1.165) is 0 Å². The molecule has 1 aliphatic rings.